The van der Waals surface area contributed by atoms with Crippen molar-refractivity contribution >= 4 is 69.6 Å². The number of nitrogens with one attached hydrogen (secondary N) is 1. The third-order valence-corrected chi connectivity index (χ3v) is 100. The molecule has 9 atom stereocenters. The summed E-state index contributed by atoms with van der Waals surface area (Å²) in [4.78, 5) is 4.68. The molecule has 0 aliphatic carbocycles. The van der Waals surface area contributed by atoms with Crippen LogP contribution in [-0.4, -0.2) is 34.1 Å². The molecule has 1 spiro atoms. The van der Waals surface area contributed by atoms with E-state index in [4.69, 9.17) is 0 Å². The van der Waals surface area contributed by atoms with Gasteiger partial charge in [0.05, 0.1) is 0 Å². The number of benzene rings is 7. The third kappa shape index (κ3) is 1.92. The van der Waals surface area contributed by atoms with Gasteiger partial charge in [-0.3, -0.25) is 0 Å². The number of rotatable bonds is 20. The van der Waals surface area contributed by atoms with Gasteiger partial charge in [-0.15, -0.1) is 0 Å². The molecule has 10 fully saturated rings. The van der Waals surface area contributed by atoms with Crippen LogP contribution in [0.4, 0.5) is 0 Å². The SMILES string of the molecule is C=Cc1ccc(CNCCCC(C)(C)[C]23[CH]4[C]5(P(c6ccccc6)c6ccccc6)[C]6(P(c7ccccc7)c7ccccc7)[CH]2[Fe]43562789[CH]3[CH]2[C]7(P(c2ccccc2)c2ccccc2)[C]8(P(C(C)C)C(C)C)[CH]39)cc1. The Kier molecular flexibility index (Phi) is 6.26. The maximum atomic E-state index is 4.01. The van der Waals surface area contributed by atoms with Gasteiger partial charge in [0.1, 0.15) is 0 Å². The predicted octanol–water partition coefficient (Wildman–Crippen LogP) is 15.3. The first-order valence-electron chi connectivity index (χ1n) is 27.5. The molecule has 6 heteroatoms. The molecule has 372 valence electrons. The molecule has 1 N–H and O–H groups in total. The van der Waals surface area contributed by atoms with Gasteiger partial charge in [-0.2, -0.15) is 0 Å². The summed E-state index contributed by atoms with van der Waals surface area (Å²) in [7, 11) is -2.51. The first-order chi connectivity index (χ1) is 35.4. The Morgan fingerprint density at radius 3 is 1.21 bits per heavy atom. The van der Waals surface area contributed by atoms with Crippen molar-refractivity contribution in [2.24, 2.45) is 5.41 Å². The molecule has 0 amide bonds. The average molecular weight is 1070 g/mol. The Morgan fingerprint density at radius 2 is 0.863 bits per heavy atom. The van der Waals surface area contributed by atoms with E-state index in [0.29, 0.717) is 31.8 Å². The zero-order valence-electron chi connectivity index (χ0n) is 43.4. The molecule has 7 aromatic rings. The van der Waals surface area contributed by atoms with Crippen LogP contribution in [0.3, 0.4) is 0 Å². The van der Waals surface area contributed by atoms with E-state index in [9.17, 15) is 0 Å². The second-order valence-corrected chi connectivity index (χ2v) is 61.2. The van der Waals surface area contributed by atoms with Gasteiger partial charge in [-0.1, -0.05) is 6.58 Å². The summed E-state index contributed by atoms with van der Waals surface area (Å²) in [6.45, 7) is 17.2. The van der Waals surface area contributed by atoms with Gasteiger partial charge >= 0.3 is 428 Å². The van der Waals surface area contributed by atoms with Gasteiger partial charge in [0, 0.05) is 0 Å². The first-order valence-corrected chi connectivity index (χ1v) is 39.0. The molecule has 10 aliphatic rings. The van der Waals surface area contributed by atoms with E-state index in [1.54, 1.807) is 31.8 Å². The van der Waals surface area contributed by atoms with E-state index >= 15 is 0 Å². The van der Waals surface area contributed by atoms with E-state index in [1.165, 1.54) is 24.0 Å². The van der Waals surface area contributed by atoms with Crippen LogP contribution in [0.15, 0.2) is 213 Å². The molecule has 17 rings (SSSR count). The molecule has 73 heavy (non-hydrogen) atoms. The van der Waals surface area contributed by atoms with Gasteiger partial charge in [0.25, 0.3) is 0 Å². The Balaban J connectivity index is 1.00. The number of fused-ring (bicyclic) bond motifs is 10. The van der Waals surface area contributed by atoms with E-state index in [2.05, 4.69) is 260 Å². The van der Waals surface area contributed by atoms with Gasteiger partial charge in [-0.25, -0.2) is 0 Å². The molecule has 7 aromatic carbocycles. The summed E-state index contributed by atoms with van der Waals surface area (Å²) < 4.78 is 2.02. The fraction of sp³-hybridized carbons (Fsp3) is 0.343. The summed E-state index contributed by atoms with van der Waals surface area (Å²) in [6.07, 6.45) is 4.51. The molecule has 1 nitrogen and oxygen atoms in total. The molecule has 10 aliphatic heterocycles. The fourth-order valence-corrected chi connectivity index (χ4v) is 175. The fourth-order valence-electron chi connectivity index (χ4n) is 29.7. The minimum absolute atomic E-state index is 0.224. The molecular formula is C67H71FeNP4. The quantitative estimate of drug-likeness (QED) is 0.0456. The van der Waals surface area contributed by atoms with Gasteiger partial charge in [0.2, 0.25) is 0 Å². The van der Waals surface area contributed by atoms with E-state index in [-0.39, 0.29) is 13.3 Å². The number of hydrogen-bond acceptors (Lipinski definition) is 1. The van der Waals surface area contributed by atoms with E-state index in [0.717, 1.165) is 37.2 Å². The minimum atomic E-state index is -5.68. The monoisotopic (exact) mass is 1070 g/mol. The van der Waals surface area contributed by atoms with Crippen molar-refractivity contribution in [1.29, 1.82) is 0 Å². The second-order valence-electron chi connectivity index (χ2n) is 26.6. The topological polar surface area (TPSA) is 12.0 Å². The summed E-state index contributed by atoms with van der Waals surface area (Å²) in [5.41, 5.74) is 4.16. The normalized spacial score (nSPS) is 41.3. The van der Waals surface area contributed by atoms with Crippen LogP contribution in [0.2, 0.25) is 28.4 Å². The van der Waals surface area contributed by atoms with Gasteiger partial charge in [-0.05, 0) is 0 Å². The zero-order valence-corrected chi connectivity index (χ0v) is 48.1. The van der Waals surface area contributed by atoms with Crippen LogP contribution in [0.1, 0.15) is 65.5 Å². The van der Waals surface area contributed by atoms with Crippen molar-refractivity contribution in [1.82, 2.24) is 5.32 Å². The molecule has 10 saturated heterocycles. The molecular weight excluding hydrogens is 998 g/mol. The van der Waals surface area contributed by atoms with Crippen molar-refractivity contribution in [2.45, 2.75) is 117 Å². The van der Waals surface area contributed by atoms with E-state index < -0.39 is 30.3 Å². The molecule has 0 bridgehead atoms. The van der Waals surface area contributed by atoms with Crippen molar-refractivity contribution in [3.05, 3.63) is 224 Å². The summed E-state index contributed by atoms with van der Waals surface area (Å²) in [5.74, 6) is 0. The Morgan fingerprint density at radius 1 is 0.507 bits per heavy atom. The Labute approximate surface area is 431 Å². The van der Waals surface area contributed by atoms with Crippen LogP contribution < -0.4 is 37.1 Å². The van der Waals surface area contributed by atoms with E-state index in [1.807, 2.05) is 6.08 Å². The van der Waals surface area contributed by atoms with Crippen molar-refractivity contribution in [3.63, 3.8) is 0 Å². The molecule has 0 saturated carbocycles. The third-order valence-electron chi connectivity index (χ3n) is 27.2. The second kappa shape index (κ2) is 10.2. The summed E-state index contributed by atoms with van der Waals surface area (Å²) in [6, 6.07) is 84.0. The maximum absolute atomic E-state index is 5.68. The molecule has 9 unspecified atom stereocenters. The summed E-state index contributed by atoms with van der Waals surface area (Å²) >= 11 is 0. The average Bonchev–Trinajstić information content (AvgIpc) is 1.02. The Hall–Kier alpha value is -3.52. The van der Waals surface area contributed by atoms with Crippen LogP contribution in [-0.2, 0) is 13.1 Å². The zero-order chi connectivity index (χ0) is 49.6. The molecule has 10 heterocycles. The summed E-state index contributed by atoms with van der Waals surface area (Å²) in [5, 5.41) is 14.2. The predicted molar refractivity (Wildman–Crippen MR) is 318 cm³/mol. The van der Waals surface area contributed by atoms with Crippen LogP contribution in [0.5, 0.6) is 0 Å². The van der Waals surface area contributed by atoms with Crippen molar-refractivity contribution in [3.8, 4) is 0 Å². The first kappa shape index (κ1) is 44.6. The van der Waals surface area contributed by atoms with Crippen molar-refractivity contribution in [2.75, 3.05) is 6.54 Å². The van der Waals surface area contributed by atoms with Crippen LogP contribution in [0.25, 0.3) is 6.08 Å². The molecule has 0 aromatic heterocycles. The number of hydrogen-bond donors (Lipinski definition) is 1. The van der Waals surface area contributed by atoms with Crippen LogP contribution >= 0.6 is 31.7 Å². The van der Waals surface area contributed by atoms with Gasteiger partial charge in [0.15, 0.2) is 0 Å². The Bertz CT molecular complexity index is 3660. The van der Waals surface area contributed by atoms with Crippen molar-refractivity contribution < 1.29 is 6.51 Å². The van der Waals surface area contributed by atoms with Gasteiger partial charge < -0.3 is 0 Å². The standard InChI is InChI=1S/C44H44NP2.C23H27P2.Fe/c1-4-35-26-28-36(29-27-35)34-45-31-17-30-44(2,3)37-32-42(46(38-18-9-5-10-19-38)39-20-11-6-12-21-39)43(33-37)47(40-22-13-7-14-23-40)41-24-15-8-16-25-41;1-18(2)24(19(3)4)22-16-11-17-23(22)25(20-12-7-5-8-13-20)21-14-9-6-10-15-21;/h4-16,18-29,32-33,45H,1,17,30-31,34H2,2-3H3;5-19H,1-4H3;. The molecule has 0 radical (unpaired) electrons. The van der Waals surface area contributed by atoms with Crippen LogP contribution in [0, 0.1) is 5.41 Å².